The van der Waals surface area contributed by atoms with Crippen LogP contribution in [0.2, 0.25) is 0 Å². The molecule has 0 aliphatic carbocycles. The molecule has 4 nitrogen and oxygen atoms in total. The average molecular weight is 297 g/mol. The summed E-state index contributed by atoms with van der Waals surface area (Å²) in [6, 6.07) is 0. The molecule has 2 fully saturated rings. The standard InChI is InChI=1S/C12H24N2O2S.ClH/c1-2-17(15,16)10-9-14-8-5-12(11-14)3-6-13-7-4-12;/h13H,2-11H2,1H3;1H. The number of sulfone groups is 1. The maximum atomic E-state index is 11.5. The lowest BCUT2D eigenvalue weighted by Crippen LogP contribution is -2.39. The van der Waals surface area contributed by atoms with Crippen molar-refractivity contribution < 1.29 is 8.42 Å². The number of nitrogens with one attached hydrogen (secondary N) is 1. The molecule has 2 rings (SSSR count). The second-order valence-corrected chi connectivity index (χ2v) is 7.99. The van der Waals surface area contributed by atoms with Gasteiger partial charge in [-0.1, -0.05) is 6.92 Å². The van der Waals surface area contributed by atoms with Gasteiger partial charge in [0.2, 0.25) is 0 Å². The van der Waals surface area contributed by atoms with Gasteiger partial charge in [0, 0.05) is 18.8 Å². The molecule has 2 aliphatic heterocycles. The van der Waals surface area contributed by atoms with Crippen LogP contribution in [0, 0.1) is 5.41 Å². The van der Waals surface area contributed by atoms with Crippen LogP contribution < -0.4 is 5.32 Å². The Hall–Kier alpha value is 0.160. The van der Waals surface area contributed by atoms with Gasteiger partial charge in [0.25, 0.3) is 0 Å². The summed E-state index contributed by atoms with van der Waals surface area (Å²) in [6.07, 6.45) is 3.76. The molecule has 0 amide bonds. The largest absolute Gasteiger partial charge is 0.317 e. The van der Waals surface area contributed by atoms with Crippen LogP contribution in [0.1, 0.15) is 26.2 Å². The second-order valence-electron chi connectivity index (χ2n) is 5.51. The summed E-state index contributed by atoms with van der Waals surface area (Å²) >= 11 is 0. The first kappa shape index (κ1) is 16.2. The molecule has 0 saturated carbocycles. The van der Waals surface area contributed by atoms with Gasteiger partial charge in [-0.25, -0.2) is 8.42 Å². The highest BCUT2D eigenvalue weighted by Gasteiger charge is 2.38. The van der Waals surface area contributed by atoms with E-state index >= 15 is 0 Å². The number of hydrogen-bond donors (Lipinski definition) is 1. The van der Waals surface area contributed by atoms with Crippen molar-refractivity contribution >= 4 is 22.2 Å². The molecule has 2 aliphatic rings. The van der Waals surface area contributed by atoms with Crippen LogP contribution in [0.15, 0.2) is 0 Å². The van der Waals surface area contributed by atoms with Crippen molar-refractivity contribution in [2.75, 3.05) is 44.2 Å². The lowest BCUT2D eigenvalue weighted by atomic mass is 9.78. The third-order valence-corrected chi connectivity index (χ3v) is 6.02. The molecule has 1 N–H and O–H groups in total. The van der Waals surface area contributed by atoms with E-state index in [4.69, 9.17) is 0 Å². The molecule has 0 atom stereocenters. The second kappa shape index (κ2) is 6.55. The summed E-state index contributed by atoms with van der Waals surface area (Å²) in [7, 11) is -2.80. The zero-order valence-electron chi connectivity index (χ0n) is 11.2. The van der Waals surface area contributed by atoms with E-state index in [-0.39, 0.29) is 18.2 Å². The van der Waals surface area contributed by atoms with Crippen molar-refractivity contribution in [2.24, 2.45) is 5.41 Å². The fourth-order valence-corrected chi connectivity index (χ4v) is 3.82. The lowest BCUT2D eigenvalue weighted by molar-refractivity contribution is 0.200. The molecule has 2 heterocycles. The topological polar surface area (TPSA) is 49.4 Å². The zero-order valence-corrected chi connectivity index (χ0v) is 12.8. The van der Waals surface area contributed by atoms with Gasteiger partial charge >= 0.3 is 0 Å². The Morgan fingerprint density at radius 3 is 2.50 bits per heavy atom. The summed E-state index contributed by atoms with van der Waals surface area (Å²) in [5.74, 6) is 0.605. The molecule has 6 heteroatoms. The fraction of sp³-hybridized carbons (Fsp3) is 1.00. The molecule has 0 aromatic heterocycles. The maximum Gasteiger partial charge on any atom is 0.151 e. The van der Waals surface area contributed by atoms with Crippen LogP contribution in [-0.2, 0) is 9.84 Å². The van der Waals surface area contributed by atoms with Crippen molar-refractivity contribution in [3.05, 3.63) is 0 Å². The van der Waals surface area contributed by atoms with Gasteiger partial charge in [-0.15, -0.1) is 12.4 Å². The number of rotatable bonds is 4. The van der Waals surface area contributed by atoms with Gasteiger partial charge in [0.05, 0.1) is 5.75 Å². The van der Waals surface area contributed by atoms with Crippen molar-refractivity contribution in [1.29, 1.82) is 0 Å². The number of likely N-dealkylation sites (tertiary alicyclic amines) is 1. The molecule has 0 bridgehead atoms. The Labute approximate surface area is 117 Å². The van der Waals surface area contributed by atoms with Crippen LogP contribution in [-0.4, -0.2) is 57.5 Å². The number of piperidine rings is 1. The van der Waals surface area contributed by atoms with Gasteiger partial charge < -0.3 is 10.2 Å². The minimum Gasteiger partial charge on any atom is -0.317 e. The van der Waals surface area contributed by atoms with Gasteiger partial charge in [-0.3, -0.25) is 0 Å². The highest BCUT2D eigenvalue weighted by atomic mass is 35.5. The van der Waals surface area contributed by atoms with Gasteiger partial charge in [-0.05, 0) is 44.3 Å². The first-order valence-corrected chi connectivity index (χ1v) is 8.51. The normalized spacial score (nSPS) is 24.1. The van der Waals surface area contributed by atoms with E-state index in [1.165, 1.54) is 19.3 Å². The Balaban J connectivity index is 0.00000162. The summed E-state index contributed by atoms with van der Waals surface area (Å²) in [5, 5.41) is 3.40. The zero-order chi connectivity index (χ0) is 12.4. The number of nitrogens with zero attached hydrogens (tertiary/aromatic N) is 1. The van der Waals surface area contributed by atoms with E-state index in [2.05, 4.69) is 10.2 Å². The molecular weight excluding hydrogens is 272 g/mol. The van der Waals surface area contributed by atoms with Crippen LogP contribution >= 0.6 is 12.4 Å². The Kier molecular flexibility index (Phi) is 5.90. The summed E-state index contributed by atoms with van der Waals surface area (Å²) in [5.41, 5.74) is 0.487. The third kappa shape index (κ3) is 4.08. The van der Waals surface area contributed by atoms with Crippen molar-refractivity contribution in [3.8, 4) is 0 Å². The minimum absolute atomic E-state index is 0. The predicted molar refractivity (Wildman–Crippen MR) is 77.2 cm³/mol. The molecule has 2 saturated heterocycles. The van der Waals surface area contributed by atoms with Crippen molar-refractivity contribution in [2.45, 2.75) is 26.2 Å². The third-order valence-electron chi connectivity index (χ3n) is 4.34. The molecule has 0 unspecified atom stereocenters. The molecular formula is C12H25ClN2O2S. The van der Waals surface area contributed by atoms with Crippen molar-refractivity contribution in [3.63, 3.8) is 0 Å². The lowest BCUT2D eigenvalue weighted by Gasteiger charge is -2.33. The van der Waals surface area contributed by atoms with E-state index in [1.807, 2.05) is 0 Å². The fourth-order valence-electron chi connectivity index (χ4n) is 3.00. The first-order valence-electron chi connectivity index (χ1n) is 6.69. The van der Waals surface area contributed by atoms with Crippen LogP contribution in [0.4, 0.5) is 0 Å². The first-order chi connectivity index (χ1) is 8.05. The highest BCUT2D eigenvalue weighted by molar-refractivity contribution is 7.91. The molecule has 18 heavy (non-hydrogen) atoms. The average Bonchev–Trinajstić information content (AvgIpc) is 2.71. The molecule has 108 valence electrons. The monoisotopic (exact) mass is 296 g/mol. The molecule has 0 aromatic rings. The summed E-state index contributed by atoms with van der Waals surface area (Å²) < 4.78 is 23.0. The predicted octanol–water partition coefficient (Wildman–Crippen LogP) is 0.918. The van der Waals surface area contributed by atoms with E-state index < -0.39 is 9.84 Å². The minimum atomic E-state index is -2.80. The van der Waals surface area contributed by atoms with E-state index in [0.717, 1.165) is 32.7 Å². The van der Waals surface area contributed by atoms with E-state index in [9.17, 15) is 8.42 Å². The van der Waals surface area contributed by atoms with E-state index in [1.54, 1.807) is 6.92 Å². The number of halogens is 1. The molecule has 0 radical (unpaired) electrons. The quantitative estimate of drug-likeness (QED) is 0.838. The van der Waals surface area contributed by atoms with Gasteiger partial charge in [0.15, 0.2) is 9.84 Å². The number of hydrogen-bond acceptors (Lipinski definition) is 4. The Morgan fingerprint density at radius 2 is 1.89 bits per heavy atom. The van der Waals surface area contributed by atoms with Gasteiger partial charge in [-0.2, -0.15) is 0 Å². The van der Waals surface area contributed by atoms with Crippen LogP contribution in [0.25, 0.3) is 0 Å². The summed E-state index contributed by atoms with van der Waals surface area (Å²) in [6.45, 7) is 6.90. The van der Waals surface area contributed by atoms with Crippen LogP contribution in [0.5, 0.6) is 0 Å². The SMILES string of the molecule is CCS(=O)(=O)CCN1CCC2(CCNCC2)C1.Cl. The summed E-state index contributed by atoms with van der Waals surface area (Å²) in [4.78, 5) is 2.35. The molecule has 1 spiro atoms. The smallest absolute Gasteiger partial charge is 0.151 e. The van der Waals surface area contributed by atoms with Gasteiger partial charge in [0.1, 0.15) is 0 Å². The maximum absolute atomic E-state index is 11.5. The van der Waals surface area contributed by atoms with Crippen LogP contribution in [0.3, 0.4) is 0 Å². The van der Waals surface area contributed by atoms with Crippen molar-refractivity contribution in [1.82, 2.24) is 10.2 Å². The highest BCUT2D eigenvalue weighted by Crippen LogP contribution is 2.38. The van der Waals surface area contributed by atoms with E-state index in [0.29, 0.717) is 11.2 Å². The Bertz CT molecular complexity index is 353. The Morgan fingerprint density at radius 1 is 1.22 bits per heavy atom. The molecule has 0 aromatic carbocycles.